The molecular weight excluding hydrogens is 201 g/mol. The highest BCUT2D eigenvalue weighted by molar-refractivity contribution is 5.92. The van der Waals surface area contributed by atoms with E-state index in [1.807, 2.05) is 0 Å². The topological polar surface area (TPSA) is 85.1 Å². The second kappa shape index (κ2) is 5.04. The van der Waals surface area contributed by atoms with Crippen molar-refractivity contribution in [2.24, 2.45) is 5.73 Å². The molecule has 1 aromatic rings. The van der Waals surface area contributed by atoms with Crippen LogP contribution in [0.2, 0.25) is 0 Å². The number of primary amides is 1. The zero-order valence-corrected chi connectivity index (χ0v) is 7.87. The Morgan fingerprint density at radius 3 is 2.80 bits per heavy atom. The molecule has 0 bridgehead atoms. The zero-order valence-electron chi connectivity index (χ0n) is 7.87. The normalized spacial score (nSPS) is 9.67. The Morgan fingerprint density at radius 1 is 1.47 bits per heavy atom. The summed E-state index contributed by atoms with van der Waals surface area (Å²) in [6, 6.07) is 3.90. The number of hydrogen-bond acceptors (Lipinski definition) is 3. The highest BCUT2D eigenvalue weighted by atomic mass is 19.1. The predicted octanol–water partition coefficient (Wildman–Crippen LogP) is -0.174. The summed E-state index contributed by atoms with van der Waals surface area (Å²) < 4.78 is 12.6. The van der Waals surface area contributed by atoms with Crippen LogP contribution in [0.25, 0.3) is 0 Å². The molecule has 0 aliphatic carbocycles. The standard InChI is InChI=1S/C9H10FN3O2/c10-7-3-1-2-6(13-7)9(15)12-5-4-8(11)14/h1-3H,4-5H2,(H2,11,14)(H,12,15). The van der Waals surface area contributed by atoms with Crippen molar-refractivity contribution in [1.29, 1.82) is 0 Å². The summed E-state index contributed by atoms with van der Waals surface area (Å²) in [4.78, 5) is 25.0. The van der Waals surface area contributed by atoms with Gasteiger partial charge in [0.25, 0.3) is 5.91 Å². The van der Waals surface area contributed by atoms with Crippen LogP contribution in [0.3, 0.4) is 0 Å². The number of rotatable bonds is 4. The van der Waals surface area contributed by atoms with E-state index in [1.165, 1.54) is 12.1 Å². The summed E-state index contributed by atoms with van der Waals surface area (Å²) in [6.45, 7) is 0.117. The van der Waals surface area contributed by atoms with Crippen LogP contribution in [0.5, 0.6) is 0 Å². The fraction of sp³-hybridized carbons (Fsp3) is 0.222. The van der Waals surface area contributed by atoms with Crippen molar-refractivity contribution in [1.82, 2.24) is 10.3 Å². The van der Waals surface area contributed by atoms with E-state index in [4.69, 9.17) is 5.73 Å². The molecule has 0 aromatic carbocycles. The summed E-state index contributed by atoms with van der Waals surface area (Å²) in [5, 5.41) is 2.39. The number of aromatic nitrogens is 1. The summed E-state index contributed by atoms with van der Waals surface area (Å²) >= 11 is 0. The van der Waals surface area contributed by atoms with Gasteiger partial charge in [0.15, 0.2) is 0 Å². The molecule has 1 rings (SSSR count). The minimum atomic E-state index is -0.724. The third-order valence-corrected chi connectivity index (χ3v) is 1.60. The van der Waals surface area contributed by atoms with Gasteiger partial charge in [0.1, 0.15) is 5.69 Å². The van der Waals surface area contributed by atoms with Gasteiger partial charge in [0, 0.05) is 13.0 Å². The van der Waals surface area contributed by atoms with Crippen molar-refractivity contribution < 1.29 is 14.0 Å². The number of carbonyl (C=O) groups is 2. The van der Waals surface area contributed by atoms with E-state index in [0.717, 1.165) is 6.07 Å². The van der Waals surface area contributed by atoms with E-state index < -0.39 is 17.8 Å². The molecule has 15 heavy (non-hydrogen) atoms. The van der Waals surface area contributed by atoms with E-state index in [-0.39, 0.29) is 18.7 Å². The van der Waals surface area contributed by atoms with Gasteiger partial charge in [-0.25, -0.2) is 4.98 Å². The van der Waals surface area contributed by atoms with Gasteiger partial charge >= 0.3 is 0 Å². The Kier molecular flexibility index (Phi) is 3.73. The van der Waals surface area contributed by atoms with Crippen LogP contribution in [-0.4, -0.2) is 23.3 Å². The number of halogens is 1. The van der Waals surface area contributed by atoms with Crippen molar-refractivity contribution in [2.75, 3.05) is 6.54 Å². The molecule has 1 aromatic heterocycles. The van der Waals surface area contributed by atoms with Gasteiger partial charge in [-0.15, -0.1) is 0 Å². The third-order valence-electron chi connectivity index (χ3n) is 1.60. The monoisotopic (exact) mass is 211 g/mol. The number of nitrogens with zero attached hydrogens (tertiary/aromatic N) is 1. The van der Waals surface area contributed by atoms with Gasteiger partial charge in [-0.2, -0.15) is 4.39 Å². The molecule has 3 N–H and O–H groups in total. The lowest BCUT2D eigenvalue weighted by molar-refractivity contribution is -0.117. The lowest BCUT2D eigenvalue weighted by Crippen LogP contribution is -2.28. The van der Waals surface area contributed by atoms with Crippen LogP contribution in [0, 0.1) is 5.95 Å². The minimum Gasteiger partial charge on any atom is -0.370 e. The molecule has 0 aliphatic rings. The molecule has 0 saturated heterocycles. The number of hydrogen-bond donors (Lipinski definition) is 2. The van der Waals surface area contributed by atoms with E-state index >= 15 is 0 Å². The maximum absolute atomic E-state index is 12.6. The number of pyridine rings is 1. The quantitative estimate of drug-likeness (QED) is 0.678. The second-order valence-electron chi connectivity index (χ2n) is 2.82. The predicted molar refractivity (Wildman–Crippen MR) is 50.3 cm³/mol. The molecule has 1 heterocycles. The van der Waals surface area contributed by atoms with E-state index in [0.29, 0.717) is 0 Å². The molecule has 5 nitrogen and oxygen atoms in total. The third kappa shape index (κ3) is 3.72. The first-order valence-corrected chi connectivity index (χ1v) is 4.28. The Bertz CT molecular complexity index is 381. The van der Waals surface area contributed by atoms with E-state index in [9.17, 15) is 14.0 Å². The molecule has 0 atom stereocenters. The molecule has 0 radical (unpaired) electrons. The molecule has 0 aliphatic heterocycles. The van der Waals surface area contributed by atoms with Gasteiger partial charge in [-0.05, 0) is 12.1 Å². The van der Waals surface area contributed by atoms with Gasteiger partial charge in [0.05, 0.1) is 0 Å². The smallest absolute Gasteiger partial charge is 0.270 e. The Balaban J connectivity index is 2.50. The molecule has 80 valence electrons. The van der Waals surface area contributed by atoms with Gasteiger partial charge in [-0.1, -0.05) is 6.07 Å². The molecule has 0 unspecified atom stereocenters. The van der Waals surface area contributed by atoms with Crippen molar-refractivity contribution >= 4 is 11.8 Å². The summed E-state index contributed by atoms with van der Waals surface area (Å²) in [6.07, 6.45) is 0.0427. The summed E-state index contributed by atoms with van der Waals surface area (Å²) in [7, 11) is 0. The van der Waals surface area contributed by atoms with Crippen LogP contribution >= 0.6 is 0 Å². The molecule has 0 spiro atoms. The molecule has 0 fully saturated rings. The maximum Gasteiger partial charge on any atom is 0.270 e. The molecule has 2 amide bonds. The van der Waals surface area contributed by atoms with E-state index in [1.54, 1.807) is 0 Å². The lowest BCUT2D eigenvalue weighted by Gasteiger charge is -2.02. The largest absolute Gasteiger partial charge is 0.370 e. The van der Waals surface area contributed by atoms with Crippen LogP contribution in [0.4, 0.5) is 4.39 Å². The Morgan fingerprint density at radius 2 is 2.20 bits per heavy atom. The van der Waals surface area contributed by atoms with Gasteiger partial charge in [-0.3, -0.25) is 9.59 Å². The lowest BCUT2D eigenvalue weighted by atomic mass is 10.3. The Labute approximate surface area is 85.5 Å². The fourth-order valence-corrected chi connectivity index (χ4v) is 0.925. The Hall–Kier alpha value is -1.98. The van der Waals surface area contributed by atoms with Crippen molar-refractivity contribution in [3.05, 3.63) is 29.8 Å². The number of nitrogens with two attached hydrogens (primary N) is 1. The molecule has 6 heteroatoms. The first-order valence-electron chi connectivity index (χ1n) is 4.28. The van der Waals surface area contributed by atoms with E-state index in [2.05, 4.69) is 10.3 Å². The first-order chi connectivity index (χ1) is 7.09. The van der Waals surface area contributed by atoms with Crippen LogP contribution < -0.4 is 11.1 Å². The number of amides is 2. The fourth-order valence-electron chi connectivity index (χ4n) is 0.925. The van der Waals surface area contributed by atoms with Crippen molar-refractivity contribution in [3.8, 4) is 0 Å². The average molecular weight is 211 g/mol. The maximum atomic E-state index is 12.6. The number of carbonyl (C=O) groups excluding carboxylic acids is 2. The second-order valence-corrected chi connectivity index (χ2v) is 2.82. The van der Waals surface area contributed by atoms with Crippen LogP contribution in [0.1, 0.15) is 16.9 Å². The van der Waals surface area contributed by atoms with Crippen molar-refractivity contribution in [3.63, 3.8) is 0 Å². The van der Waals surface area contributed by atoms with Gasteiger partial charge < -0.3 is 11.1 Å². The van der Waals surface area contributed by atoms with Crippen LogP contribution in [0.15, 0.2) is 18.2 Å². The highest BCUT2D eigenvalue weighted by Gasteiger charge is 2.07. The first kappa shape index (κ1) is 11.1. The van der Waals surface area contributed by atoms with Crippen molar-refractivity contribution in [2.45, 2.75) is 6.42 Å². The van der Waals surface area contributed by atoms with Gasteiger partial charge in [0.2, 0.25) is 11.9 Å². The SMILES string of the molecule is NC(=O)CCNC(=O)c1cccc(F)n1. The zero-order chi connectivity index (χ0) is 11.3. The summed E-state index contributed by atoms with van der Waals surface area (Å²) in [5.74, 6) is -1.77. The minimum absolute atomic E-state index is 0.0283. The highest BCUT2D eigenvalue weighted by Crippen LogP contribution is 1.97. The van der Waals surface area contributed by atoms with Crippen LogP contribution in [-0.2, 0) is 4.79 Å². The molecular formula is C9H10FN3O2. The number of nitrogens with one attached hydrogen (secondary N) is 1. The average Bonchev–Trinajstić information content (AvgIpc) is 2.17. The molecule has 0 saturated carbocycles. The summed E-state index contributed by atoms with van der Waals surface area (Å²) in [5.41, 5.74) is 4.85.